The van der Waals surface area contributed by atoms with Gasteiger partial charge >= 0.3 is 0 Å². The standard InChI is InChI=1S/C19H20N4O2/c1-13-6-7-14(11-16(13)20-19(24)15-8-10-25-12-15)18-22-21-17-5-3-2-4-9-23(17)18/h6-8,10-12H,2-5,9H2,1H3,(H,20,24). The van der Waals surface area contributed by atoms with Crippen molar-refractivity contribution in [1.29, 1.82) is 0 Å². The van der Waals surface area contributed by atoms with Crippen LogP contribution in [0.2, 0.25) is 0 Å². The number of benzene rings is 1. The topological polar surface area (TPSA) is 73.0 Å². The second kappa shape index (κ2) is 6.55. The molecule has 0 saturated carbocycles. The van der Waals surface area contributed by atoms with Crippen LogP contribution in [-0.2, 0) is 13.0 Å². The minimum atomic E-state index is -0.186. The Hall–Kier alpha value is -2.89. The van der Waals surface area contributed by atoms with Crippen LogP contribution in [0.15, 0.2) is 41.2 Å². The molecular weight excluding hydrogens is 316 g/mol. The van der Waals surface area contributed by atoms with Crippen molar-refractivity contribution in [1.82, 2.24) is 14.8 Å². The van der Waals surface area contributed by atoms with Crippen molar-refractivity contribution in [3.8, 4) is 11.4 Å². The van der Waals surface area contributed by atoms with E-state index in [0.717, 1.165) is 54.3 Å². The van der Waals surface area contributed by atoms with Gasteiger partial charge in [0.2, 0.25) is 0 Å². The second-order valence-corrected chi connectivity index (χ2v) is 6.40. The molecular formula is C19H20N4O2. The number of amides is 1. The maximum Gasteiger partial charge on any atom is 0.258 e. The first-order chi connectivity index (χ1) is 12.2. The summed E-state index contributed by atoms with van der Waals surface area (Å²) in [6.07, 6.45) is 7.44. The highest BCUT2D eigenvalue weighted by Crippen LogP contribution is 2.27. The number of nitrogens with zero attached hydrogens (tertiary/aromatic N) is 3. The Morgan fingerprint density at radius 1 is 1.20 bits per heavy atom. The monoisotopic (exact) mass is 336 g/mol. The summed E-state index contributed by atoms with van der Waals surface area (Å²) in [6, 6.07) is 7.64. The van der Waals surface area contributed by atoms with E-state index in [1.807, 2.05) is 25.1 Å². The van der Waals surface area contributed by atoms with Crippen molar-refractivity contribution in [2.24, 2.45) is 0 Å². The highest BCUT2D eigenvalue weighted by atomic mass is 16.3. The summed E-state index contributed by atoms with van der Waals surface area (Å²) in [7, 11) is 0. The molecule has 3 heterocycles. The van der Waals surface area contributed by atoms with Gasteiger partial charge in [-0.25, -0.2) is 0 Å². The van der Waals surface area contributed by atoms with Crippen molar-refractivity contribution < 1.29 is 9.21 Å². The summed E-state index contributed by atoms with van der Waals surface area (Å²) < 4.78 is 7.19. The van der Waals surface area contributed by atoms with Crippen LogP contribution >= 0.6 is 0 Å². The van der Waals surface area contributed by atoms with E-state index in [9.17, 15) is 4.79 Å². The molecule has 1 amide bonds. The van der Waals surface area contributed by atoms with Crippen LogP contribution in [0.25, 0.3) is 11.4 Å². The average Bonchev–Trinajstić information content (AvgIpc) is 3.23. The Bertz CT molecular complexity index is 896. The van der Waals surface area contributed by atoms with Gasteiger partial charge in [-0.15, -0.1) is 10.2 Å². The molecule has 0 aliphatic carbocycles. The number of carbonyl (C=O) groups is 1. The van der Waals surface area contributed by atoms with E-state index in [0.29, 0.717) is 5.56 Å². The smallest absolute Gasteiger partial charge is 0.258 e. The Morgan fingerprint density at radius 3 is 2.96 bits per heavy atom. The highest BCUT2D eigenvalue weighted by Gasteiger charge is 2.17. The van der Waals surface area contributed by atoms with Gasteiger partial charge in [0.15, 0.2) is 5.82 Å². The third-order valence-corrected chi connectivity index (χ3v) is 4.64. The second-order valence-electron chi connectivity index (χ2n) is 6.40. The van der Waals surface area contributed by atoms with E-state index in [-0.39, 0.29) is 5.91 Å². The number of anilines is 1. The molecule has 1 aliphatic heterocycles. The summed E-state index contributed by atoms with van der Waals surface area (Å²) >= 11 is 0. The summed E-state index contributed by atoms with van der Waals surface area (Å²) in [4.78, 5) is 12.3. The minimum Gasteiger partial charge on any atom is -0.472 e. The number of furan rings is 1. The number of hydrogen-bond acceptors (Lipinski definition) is 4. The van der Waals surface area contributed by atoms with Crippen LogP contribution in [0.3, 0.4) is 0 Å². The highest BCUT2D eigenvalue weighted by molar-refractivity contribution is 6.04. The number of rotatable bonds is 3. The van der Waals surface area contributed by atoms with Crippen molar-refractivity contribution >= 4 is 11.6 Å². The molecule has 1 aliphatic rings. The van der Waals surface area contributed by atoms with E-state index < -0.39 is 0 Å². The molecule has 0 bridgehead atoms. The Balaban J connectivity index is 1.66. The lowest BCUT2D eigenvalue weighted by Crippen LogP contribution is -2.12. The van der Waals surface area contributed by atoms with Crippen LogP contribution in [0.1, 0.15) is 41.0 Å². The Kier molecular flexibility index (Phi) is 4.09. The SMILES string of the molecule is Cc1ccc(-c2nnc3n2CCCCC3)cc1NC(=O)c1ccoc1. The summed E-state index contributed by atoms with van der Waals surface area (Å²) in [5.74, 6) is 1.74. The quantitative estimate of drug-likeness (QED) is 0.789. The third kappa shape index (κ3) is 3.07. The van der Waals surface area contributed by atoms with E-state index in [2.05, 4.69) is 20.1 Å². The zero-order valence-corrected chi connectivity index (χ0v) is 14.2. The van der Waals surface area contributed by atoms with Gasteiger partial charge in [-0.3, -0.25) is 4.79 Å². The molecule has 6 heteroatoms. The van der Waals surface area contributed by atoms with Crippen LogP contribution < -0.4 is 5.32 Å². The van der Waals surface area contributed by atoms with Crippen molar-refractivity contribution in [3.05, 3.63) is 53.7 Å². The first kappa shape index (κ1) is 15.6. The molecule has 0 fully saturated rings. The summed E-state index contributed by atoms with van der Waals surface area (Å²) in [5.41, 5.74) is 3.24. The van der Waals surface area contributed by atoms with Gasteiger partial charge in [0, 0.05) is 24.2 Å². The van der Waals surface area contributed by atoms with Gasteiger partial charge in [0.05, 0.1) is 11.8 Å². The van der Waals surface area contributed by atoms with E-state index >= 15 is 0 Å². The molecule has 1 aromatic carbocycles. The molecule has 4 rings (SSSR count). The fourth-order valence-corrected chi connectivity index (χ4v) is 3.18. The number of aromatic nitrogens is 3. The Morgan fingerprint density at radius 2 is 2.12 bits per heavy atom. The van der Waals surface area contributed by atoms with Crippen molar-refractivity contribution in [2.45, 2.75) is 39.2 Å². The number of nitrogens with one attached hydrogen (secondary N) is 1. The fourth-order valence-electron chi connectivity index (χ4n) is 3.18. The number of hydrogen-bond donors (Lipinski definition) is 1. The molecule has 0 spiro atoms. The molecule has 0 radical (unpaired) electrons. The van der Waals surface area contributed by atoms with E-state index in [4.69, 9.17) is 4.42 Å². The van der Waals surface area contributed by atoms with Gasteiger partial charge in [-0.05, 0) is 37.5 Å². The number of carbonyl (C=O) groups excluding carboxylic acids is 1. The largest absolute Gasteiger partial charge is 0.472 e. The molecule has 0 unspecified atom stereocenters. The zero-order chi connectivity index (χ0) is 17.2. The third-order valence-electron chi connectivity index (χ3n) is 4.64. The van der Waals surface area contributed by atoms with Crippen molar-refractivity contribution in [2.75, 3.05) is 5.32 Å². The molecule has 128 valence electrons. The molecule has 2 aromatic heterocycles. The Labute approximate surface area is 145 Å². The first-order valence-electron chi connectivity index (χ1n) is 8.59. The molecule has 1 N–H and O–H groups in total. The van der Waals surface area contributed by atoms with Gasteiger partial charge in [-0.2, -0.15) is 0 Å². The van der Waals surface area contributed by atoms with Crippen LogP contribution in [0.5, 0.6) is 0 Å². The van der Waals surface area contributed by atoms with Gasteiger partial charge < -0.3 is 14.3 Å². The molecule has 0 saturated heterocycles. The predicted molar refractivity (Wildman–Crippen MR) is 94.4 cm³/mol. The maximum atomic E-state index is 12.3. The van der Waals surface area contributed by atoms with Gasteiger partial charge in [0.1, 0.15) is 12.1 Å². The first-order valence-corrected chi connectivity index (χ1v) is 8.59. The van der Waals surface area contributed by atoms with Crippen LogP contribution in [0.4, 0.5) is 5.69 Å². The van der Waals surface area contributed by atoms with Crippen LogP contribution in [0, 0.1) is 6.92 Å². The van der Waals surface area contributed by atoms with Crippen LogP contribution in [-0.4, -0.2) is 20.7 Å². The lowest BCUT2D eigenvalue weighted by Gasteiger charge is -2.11. The van der Waals surface area contributed by atoms with E-state index in [1.54, 1.807) is 6.07 Å². The lowest BCUT2D eigenvalue weighted by atomic mass is 10.1. The minimum absolute atomic E-state index is 0.186. The van der Waals surface area contributed by atoms with E-state index in [1.165, 1.54) is 18.9 Å². The van der Waals surface area contributed by atoms with Gasteiger partial charge in [0.25, 0.3) is 5.91 Å². The predicted octanol–water partition coefficient (Wildman–Crippen LogP) is 3.83. The summed E-state index contributed by atoms with van der Waals surface area (Å²) in [6.45, 7) is 2.92. The number of fused-ring (bicyclic) bond motifs is 1. The van der Waals surface area contributed by atoms with Gasteiger partial charge in [-0.1, -0.05) is 18.6 Å². The molecule has 0 atom stereocenters. The molecule has 3 aromatic rings. The average molecular weight is 336 g/mol. The van der Waals surface area contributed by atoms with Crippen molar-refractivity contribution in [3.63, 3.8) is 0 Å². The number of aryl methyl sites for hydroxylation is 2. The fraction of sp³-hybridized carbons (Fsp3) is 0.316. The maximum absolute atomic E-state index is 12.3. The zero-order valence-electron chi connectivity index (χ0n) is 14.2. The lowest BCUT2D eigenvalue weighted by molar-refractivity contribution is 0.102. The molecule has 6 nitrogen and oxygen atoms in total. The normalized spacial score (nSPS) is 14.0. The molecule has 25 heavy (non-hydrogen) atoms. The summed E-state index contributed by atoms with van der Waals surface area (Å²) in [5, 5.41) is 11.7.